The monoisotopic (exact) mass is 636 g/mol. The highest BCUT2D eigenvalue weighted by Crippen LogP contribution is 2.53. The summed E-state index contributed by atoms with van der Waals surface area (Å²) in [6, 6.07) is 2.47. The molecule has 0 saturated heterocycles. The van der Waals surface area contributed by atoms with Gasteiger partial charge < -0.3 is 9.47 Å². The summed E-state index contributed by atoms with van der Waals surface area (Å²) in [5.41, 5.74) is 11.9. The lowest BCUT2D eigenvalue weighted by atomic mass is 9.89. The first-order chi connectivity index (χ1) is 15.9. The fourth-order valence-corrected chi connectivity index (χ4v) is 10.0. The van der Waals surface area contributed by atoms with Gasteiger partial charge in [-0.1, -0.05) is 60.8 Å². The quantitative estimate of drug-likeness (QED) is 0.338. The molecule has 0 bridgehead atoms. The Hall–Kier alpha value is -0.200. The standard InChI is InChI=1S/C28H31Br3O2/c1-13-7-20-21(27(13)32-2)11-15-8-14(10-19(15)25(20)30)9-16-12-22-23(28(16)33-3)26(31)18-6-4-5-17(18)24(22)29/h11,13-14,16,27-28H,4-10,12H2,1-3H3. The maximum atomic E-state index is 6.19. The Morgan fingerprint density at radius 2 is 1.48 bits per heavy atom. The van der Waals surface area contributed by atoms with E-state index in [1.165, 1.54) is 90.9 Å². The van der Waals surface area contributed by atoms with Crippen molar-refractivity contribution in [1.29, 1.82) is 0 Å². The molecule has 0 spiro atoms. The van der Waals surface area contributed by atoms with Crippen LogP contribution in [0.1, 0.15) is 76.5 Å². The lowest BCUT2D eigenvalue weighted by Crippen LogP contribution is -2.15. The summed E-state index contributed by atoms with van der Waals surface area (Å²) in [7, 11) is 3.76. The molecule has 5 heteroatoms. The molecular weight excluding hydrogens is 608 g/mol. The third-order valence-electron chi connectivity index (χ3n) is 8.84. The highest BCUT2D eigenvalue weighted by Gasteiger charge is 2.41. The van der Waals surface area contributed by atoms with E-state index in [-0.39, 0.29) is 12.2 Å². The number of methoxy groups -OCH3 is 2. The van der Waals surface area contributed by atoms with Crippen LogP contribution in [0, 0.1) is 17.8 Å². The van der Waals surface area contributed by atoms with Gasteiger partial charge in [-0.25, -0.2) is 0 Å². The number of halogens is 3. The molecule has 4 aliphatic carbocycles. The first-order valence-corrected chi connectivity index (χ1v) is 14.7. The summed E-state index contributed by atoms with van der Waals surface area (Å²) in [4.78, 5) is 0. The molecule has 33 heavy (non-hydrogen) atoms. The van der Waals surface area contributed by atoms with Crippen LogP contribution in [-0.2, 0) is 48.0 Å². The molecule has 0 fully saturated rings. The summed E-state index contributed by atoms with van der Waals surface area (Å²) >= 11 is 12.0. The molecule has 2 aromatic carbocycles. The van der Waals surface area contributed by atoms with Crippen molar-refractivity contribution in [1.82, 2.24) is 0 Å². The Labute approximate surface area is 222 Å². The first kappa shape index (κ1) is 23.2. The molecule has 176 valence electrons. The molecule has 0 N–H and O–H groups in total. The van der Waals surface area contributed by atoms with Gasteiger partial charge in [0.2, 0.25) is 0 Å². The molecule has 0 radical (unpaired) electrons. The van der Waals surface area contributed by atoms with E-state index in [0.29, 0.717) is 17.8 Å². The van der Waals surface area contributed by atoms with Crippen molar-refractivity contribution >= 4 is 47.8 Å². The van der Waals surface area contributed by atoms with Gasteiger partial charge in [0.05, 0.1) is 12.2 Å². The second kappa shape index (κ2) is 8.73. The number of fused-ring (bicyclic) bond motifs is 4. The largest absolute Gasteiger partial charge is 0.376 e. The zero-order chi connectivity index (χ0) is 23.0. The van der Waals surface area contributed by atoms with Crippen LogP contribution in [0.25, 0.3) is 0 Å². The lowest BCUT2D eigenvalue weighted by molar-refractivity contribution is 0.0524. The molecule has 2 aromatic rings. The van der Waals surface area contributed by atoms with E-state index in [4.69, 9.17) is 9.47 Å². The van der Waals surface area contributed by atoms with E-state index in [1.807, 2.05) is 14.2 Å². The molecular formula is C28H31Br3O2. The summed E-state index contributed by atoms with van der Waals surface area (Å²) in [6.45, 7) is 2.31. The third-order valence-corrected chi connectivity index (χ3v) is 11.7. The van der Waals surface area contributed by atoms with Crippen molar-refractivity contribution in [2.45, 2.75) is 70.5 Å². The average molecular weight is 639 g/mol. The van der Waals surface area contributed by atoms with Gasteiger partial charge in [0.15, 0.2) is 0 Å². The highest BCUT2D eigenvalue weighted by atomic mass is 79.9. The van der Waals surface area contributed by atoms with Crippen molar-refractivity contribution < 1.29 is 9.47 Å². The van der Waals surface area contributed by atoms with Gasteiger partial charge >= 0.3 is 0 Å². The molecule has 0 amide bonds. The van der Waals surface area contributed by atoms with Crippen LogP contribution in [0.3, 0.4) is 0 Å². The van der Waals surface area contributed by atoms with Crippen molar-refractivity contribution in [2.75, 3.05) is 14.2 Å². The predicted molar refractivity (Wildman–Crippen MR) is 143 cm³/mol. The zero-order valence-electron chi connectivity index (χ0n) is 19.6. The minimum absolute atomic E-state index is 0.187. The topological polar surface area (TPSA) is 18.5 Å². The Kier molecular flexibility index (Phi) is 6.14. The SMILES string of the molecule is COC1c2cc3c(c(Br)c2CC1C)CC(CC1Cc2c(Br)c4c(c(Br)c2C1OC)CCC4)C3. The number of rotatable bonds is 4. The Morgan fingerprint density at radius 3 is 2.21 bits per heavy atom. The number of hydrogen-bond acceptors (Lipinski definition) is 2. The van der Waals surface area contributed by atoms with E-state index in [0.717, 1.165) is 12.8 Å². The third kappa shape index (κ3) is 3.50. The van der Waals surface area contributed by atoms with E-state index < -0.39 is 0 Å². The van der Waals surface area contributed by atoms with Gasteiger partial charge in [-0.05, 0) is 114 Å². The number of hydrogen-bond donors (Lipinski definition) is 0. The molecule has 4 aliphatic rings. The van der Waals surface area contributed by atoms with E-state index in [2.05, 4.69) is 60.8 Å². The fraction of sp³-hybridized carbons (Fsp3) is 0.571. The molecule has 0 aliphatic heterocycles. The van der Waals surface area contributed by atoms with Crippen LogP contribution >= 0.6 is 47.8 Å². The van der Waals surface area contributed by atoms with Crippen molar-refractivity contribution in [2.24, 2.45) is 17.8 Å². The van der Waals surface area contributed by atoms with Crippen LogP contribution in [0.15, 0.2) is 19.5 Å². The fourth-order valence-electron chi connectivity index (χ4n) is 7.48. The summed E-state index contributed by atoms with van der Waals surface area (Å²) in [5, 5.41) is 0. The van der Waals surface area contributed by atoms with E-state index >= 15 is 0 Å². The second-order valence-electron chi connectivity index (χ2n) is 10.7. The Morgan fingerprint density at radius 1 is 0.788 bits per heavy atom. The number of ether oxygens (including phenoxy) is 2. The molecule has 0 heterocycles. The predicted octanol–water partition coefficient (Wildman–Crippen LogP) is 8.01. The van der Waals surface area contributed by atoms with Crippen molar-refractivity contribution in [3.63, 3.8) is 0 Å². The maximum Gasteiger partial charge on any atom is 0.0866 e. The highest BCUT2D eigenvalue weighted by molar-refractivity contribution is 9.11. The smallest absolute Gasteiger partial charge is 0.0866 e. The van der Waals surface area contributed by atoms with Crippen LogP contribution in [0.4, 0.5) is 0 Å². The molecule has 2 nitrogen and oxygen atoms in total. The van der Waals surface area contributed by atoms with Crippen molar-refractivity contribution in [3.05, 3.63) is 64.0 Å². The van der Waals surface area contributed by atoms with Crippen LogP contribution in [-0.4, -0.2) is 14.2 Å². The van der Waals surface area contributed by atoms with Crippen molar-refractivity contribution in [3.8, 4) is 0 Å². The molecule has 0 aromatic heterocycles. The Bertz CT molecular complexity index is 1140. The minimum atomic E-state index is 0.187. The number of benzene rings is 2. The zero-order valence-corrected chi connectivity index (χ0v) is 24.3. The second-order valence-corrected chi connectivity index (χ2v) is 13.1. The van der Waals surface area contributed by atoms with E-state index in [1.54, 1.807) is 5.56 Å². The summed E-state index contributed by atoms with van der Waals surface area (Å²) in [5.74, 6) is 1.77. The average Bonchev–Trinajstić information content (AvgIpc) is 3.56. The maximum absolute atomic E-state index is 6.19. The summed E-state index contributed by atoms with van der Waals surface area (Å²) < 4.78 is 16.1. The molecule has 0 saturated carbocycles. The Balaban J connectivity index is 1.26. The molecule has 5 atom stereocenters. The van der Waals surface area contributed by atoms with Gasteiger partial charge in [0.1, 0.15) is 0 Å². The lowest BCUT2D eigenvalue weighted by Gasteiger charge is -2.23. The van der Waals surface area contributed by atoms with Crippen LogP contribution in [0.5, 0.6) is 0 Å². The van der Waals surface area contributed by atoms with Gasteiger partial charge in [-0.15, -0.1) is 0 Å². The van der Waals surface area contributed by atoms with Gasteiger partial charge in [-0.2, -0.15) is 0 Å². The van der Waals surface area contributed by atoms with Gasteiger partial charge in [0.25, 0.3) is 0 Å². The first-order valence-electron chi connectivity index (χ1n) is 12.3. The van der Waals surface area contributed by atoms with Gasteiger partial charge in [-0.3, -0.25) is 0 Å². The van der Waals surface area contributed by atoms with Crippen LogP contribution in [0.2, 0.25) is 0 Å². The minimum Gasteiger partial charge on any atom is -0.376 e. The summed E-state index contributed by atoms with van der Waals surface area (Å²) in [6.07, 6.45) is 9.86. The van der Waals surface area contributed by atoms with Crippen LogP contribution < -0.4 is 0 Å². The van der Waals surface area contributed by atoms with Gasteiger partial charge in [0, 0.05) is 27.6 Å². The van der Waals surface area contributed by atoms with E-state index in [9.17, 15) is 0 Å². The molecule has 5 unspecified atom stereocenters. The molecule has 6 rings (SSSR count). The normalized spacial score (nSPS) is 29.3.